The summed E-state index contributed by atoms with van der Waals surface area (Å²) in [6.45, 7) is 2.19. The Morgan fingerprint density at radius 3 is 1.79 bits per heavy atom. The van der Waals surface area contributed by atoms with Crippen LogP contribution in [0.4, 0.5) is 28.4 Å². The molecule has 228 valence electrons. The number of benzene rings is 7. The van der Waals surface area contributed by atoms with Crippen molar-refractivity contribution < 1.29 is 0 Å². The van der Waals surface area contributed by atoms with Gasteiger partial charge in [-0.25, -0.2) is 0 Å². The average molecular weight is 682 g/mol. The molecule has 2 aliphatic heterocycles. The molecule has 0 amide bonds. The van der Waals surface area contributed by atoms with Gasteiger partial charge in [-0.1, -0.05) is 94.8 Å². The molecule has 2 aliphatic rings. The van der Waals surface area contributed by atoms with Gasteiger partial charge < -0.3 is 19.4 Å². The van der Waals surface area contributed by atoms with Gasteiger partial charge in [0.25, 0.3) is 0 Å². The van der Waals surface area contributed by atoms with Crippen LogP contribution >= 0.6 is 15.9 Å². The standard InChI is InChI=1S/C25H18N2.C18H11BrN2/c1-17-15-20-19-11-5-6-12-21(19)27-23-14-8-7-13-22(23)26(24(16-17)25(20)27)18-9-3-2-4-10-18;19-11-9-13-12-5-1-3-7-16(12)21-17-8-4-2-6-14(17)20-15(10-11)18(13)21/h2-16H,1H3;1-10,20H. The van der Waals surface area contributed by atoms with Gasteiger partial charge in [0.15, 0.2) is 0 Å². The van der Waals surface area contributed by atoms with Crippen LogP contribution in [0.2, 0.25) is 0 Å². The van der Waals surface area contributed by atoms with Gasteiger partial charge in [0.2, 0.25) is 0 Å². The van der Waals surface area contributed by atoms with E-state index in [1.807, 2.05) is 0 Å². The predicted molar refractivity (Wildman–Crippen MR) is 206 cm³/mol. The van der Waals surface area contributed by atoms with Crippen molar-refractivity contribution in [3.8, 4) is 11.4 Å². The number of para-hydroxylation sites is 7. The molecule has 4 nitrogen and oxygen atoms in total. The Hall–Kier alpha value is -5.78. The Kier molecular flexibility index (Phi) is 5.90. The summed E-state index contributed by atoms with van der Waals surface area (Å²) in [7, 11) is 0. The van der Waals surface area contributed by atoms with Crippen molar-refractivity contribution in [2.45, 2.75) is 6.92 Å². The second-order valence-corrected chi connectivity index (χ2v) is 13.5. The number of aromatic nitrogens is 2. The van der Waals surface area contributed by atoms with Crippen LogP contribution in [0.15, 0.2) is 156 Å². The van der Waals surface area contributed by atoms with E-state index in [0.717, 1.165) is 15.8 Å². The van der Waals surface area contributed by atoms with Crippen molar-refractivity contribution in [2.24, 2.45) is 0 Å². The van der Waals surface area contributed by atoms with Crippen LogP contribution in [0.1, 0.15) is 5.56 Å². The minimum atomic E-state index is 1.10. The average Bonchev–Trinajstić information content (AvgIpc) is 3.64. The number of anilines is 5. The molecule has 4 heterocycles. The van der Waals surface area contributed by atoms with Crippen LogP contribution in [0.5, 0.6) is 0 Å². The van der Waals surface area contributed by atoms with Crippen LogP contribution in [-0.2, 0) is 0 Å². The van der Waals surface area contributed by atoms with Crippen LogP contribution < -0.4 is 10.2 Å². The van der Waals surface area contributed by atoms with Gasteiger partial charge in [-0.3, -0.25) is 0 Å². The number of rotatable bonds is 1. The lowest BCUT2D eigenvalue weighted by atomic mass is 10.0. The number of hydrogen-bond acceptors (Lipinski definition) is 2. The molecule has 0 atom stereocenters. The lowest BCUT2D eigenvalue weighted by Gasteiger charge is -2.33. The molecule has 0 spiro atoms. The quantitative estimate of drug-likeness (QED) is 0.187. The Balaban J connectivity index is 0.000000127. The summed E-state index contributed by atoms with van der Waals surface area (Å²) >= 11 is 3.63. The van der Waals surface area contributed by atoms with Crippen LogP contribution in [0, 0.1) is 6.92 Å². The molecular weight excluding hydrogens is 652 g/mol. The minimum absolute atomic E-state index is 1.10. The van der Waals surface area contributed by atoms with Crippen molar-refractivity contribution >= 4 is 88.0 Å². The molecule has 0 aliphatic carbocycles. The summed E-state index contributed by atoms with van der Waals surface area (Å²) in [5, 5.41) is 8.74. The zero-order chi connectivity index (χ0) is 31.9. The summed E-state index contributed by atoms with van der Waals surface area (Å²) in [4.78, 5) is 2.39. The maximum Gasteiger partial charge on any atom is 0.0783 e. The number of nitrogens with one attached hydrogen (secondary N) is 1. The lowest BCUT2D eigenvalue weighted by molar-refractivity contribution is 1.11. The first kappa shape index (κ1) is 27.3. The normalized spacial score (nSPS) is 12.5. The minimum Gasteiger partial charge on any atom is -0.352 e. The molecule has 1 N–H and O–H groups in total. The number of hydrogen-bond donors (Lipinski definition) is 1. The van der Waals surface area contributed by atoms with Crippen molar-refractivity contribution in [3.05, 3.63) is 162 Å². The highest BCUT2D eigenvalue weighted by Crippen LogP contribution is 2.50. The largest absolute Gasteiger partial charge is 0.352 e. The van der Waals surface area contributed by atoms with E-state index < -0.39 is 0 Å². The van der Waals surface area contributed by atoms with Crippen molar-refractivity contribution in [1.82, 2.24) is 9.13 Å². The maximum absolute atomic E-state index is 3.63. The van der Waals surface area contributed by atoms with E-state index in [2.05, 4.69) is 194 Å². The molecule has 0 unspecified atom stereocenters. The fourth-order valence-corrected chi connectivity index (χ4v) is 8.25. The maximum atomic E-state index is 3.63. The number of halogens is 1. The summed E-state index contributed by atoms with van der Waals surface area (Å²) in [6.07, 6.45) is 0. The van der Waals surface area contributed by atoms with E-state index in [9.17, 15) is 0 Å². The molecule has 48 heavy (non-hydrogen) atoms. The number of aryl methyl sites for hydroxylation is 1. The topological polar surface area (TPSA) is 25.1 Å². The fourth-order valence-electron chi connectivity index (χ4n) is 7.79. The highest BCUT2D eigenvalue weighted by atomic mass is 79.9. The first-order valence-electron chi connectivity index (χ1n) is 16.2. The van der Waals surface area contributed by atoms with Gasteiger partial charge in [-0.2, -0.15) is 0 Å². The molecule has 0 fully saturated rings. The molecule has 7 aromatic carbocycles. The third kappa shape index (κ3) is 3.88. The molecule has 5 heteroatoms. The molecule has 0 bridgehead atoms. The highest BCUT2D eigenvalue weighted by Gasteiger charge is 2.28. The van der Waals surface area contributed by atoms with Crippen LogP contribution in [0.25, 0.3) is 55.0 Å². The van der Waals surface area contributed by atoms with Gasteiger partial charge in [0, 0.05) is 31.7 Å². The van der Waals surface area contributed by atoms with Crippen molar-refractivity contribution in [1.29, 1.82) is 0 Å². The van der Waals surface area contributed by atoms with Gasteiger partial charge >= 0.3 is 0 Å². The Bertz CT molecular complexity index is 2740. The van der Waals surface area contributed by atoms with Crippen LogP contribution in [0.3, 0.4) is 0 Å². The molecule has 0 saturated carbocycles. The Morgan fingerprint density at radius 1 is 0.458 bits per heavy atom. The third-order valence-electron chi connectivity index (χ3n) is 9.66. The second-order valence-electron chi connectivity index (χ2n) is 12.5. The number of fused-ring (bicyclic) bond motifs is 10. The van der Waals surface area contributed by atoms with E-state index in [1.54, 1.807) is 0 Å². The van der Waals surface area contributed by atoms with E-state index in [-0.39, 0.29) is 0 Å². The smallest absolute Gasteiger partial charge is 0.0783 e. The Morgan fingerprint density at radius 2 is 1.04 bits per heavy atom. The number of nitrogens with zero attached hydrogens (tertiary/aromatic N) is 3. The van der Waals surface area contributed by atoms with Gasteiger partial charge in [-0.05, 0) is 85.3 Å². The summed E-state index contributed by atoms with van der Waals surface area (Å²) in [5.74, 6) is 0. The van der Waals surface area contributed by atoms with Gasteiger partial charge in [-0.15, -0.1) is 0 Å². The zero-order valence-corrected chi connectivity index (χ0v) is 27.7. The van der Waals surface area contributed by atoms with E-state index in [1.165, 1.54) is 77.6 Å². The molecular formula is C43H29BrN4. The summed E-state index contributed by atoms with van der Waals surface area (Å²) in [5.41, 5.74) is 14.7. The van der Waals surface area contributed by atoms with Gasteiger partial charge in [0.05, 0.1) is 56.2 Å². The lowest BCUT2D eigenvalue weighted by Crippen LogP contribution is -2.18. The first-order valence-corrected chi connectivity index (χ1v) is 17.0. The first-order chi connectivity index (χ1) is 23.7. The van der Waals surface area contributed by atoms with E-state index in [0.29, 0.717) is 0 Å². The van der Waals surface area contributed by atoms with E-state index >= 15 is 0 Å². The van der Waals surface area contributed by atoms with Crippen molar-refractivity contribution in [2.75, 3.05) is 10.2 Å². The fraction of sp³-hybridized carbons (Fsp3) is 0.0233. The van der Waals surface area contributed by atoms with E-state index in [4.69, 9.17) is 0 Å². The van der Waals surface area contributed by atoms with Gasteiger partial charge in [0.1, 0.15) is 0 Å². The molecule has 9 aromatic rings. The highest BCUT2D eigenvalue weighted by molar-refractivity contribution is 9.10. The van der Waals surface area contributed by atoms with Crippen molar-refractivity contribution in [3.63, 3.8) is 0 Å². The monoisotopic (exact) mass is 680 g/mol. The molecule has 11 rings (SSSR count). The second kappa shape index (κ2) is 10.4. The van der Waals surface area contributed by atoms with Crippen LogP contribution in [-0.4, -0.2) is 9.13 Å². The SMILES string of the molecule is Brc1cc2c3c(c1)c1ccccc1n3-c1ccccc1N2.Cc1cc2c3c(c1)c1ccccc1n3-c1ccccc1N2c1ccccc1. The molecule has 2 aromatic heterocycles. The summed E-state index contributed by atoms with van der Waals surface area (Å²) in [6, 6.07) is 54.1. The molecule has 0 radical (unpaired) electrons. The predicted octanol–water partition coefficient (Wildman–Crippen LogP) is 12.5. The molecule has 0 saturated heterocycles. The summed E-state index contributed by atoms with van der Waals surface area (Å²) < 4.78 is 5.88. The Labute approximate surface area is 286 Å². The zero-order valence-electron chi connectivity index (χ0n) is 26.2. The third-order valence-corrected chi connectivity index (χ3v) is 10.1.